The molecule has 8 heteroatoms. The number of anilines is 1. The van der Waals surface area contributed by atoms with E-state index in [9.17, 15) is 14.0 Å². The van der Waals surface area contributed by atoms with E-state index in [4.69, 9.17) is 0 Å². The Morgan fingerprint density at radius 3 is 2.75 bits per heavy atom. The van der Waals surface area contributed by atoms with Gasteiger partial charge in [0.1, 0.15) is 23.5 Å². The lowest BCUT2D eigenvalue weighted by Gasteiger charge is -2.17. The summed E-state index contributed by atoms with van der Waals surface area (Å²) in [4.78, 5) is 36.0. The number of halogens is 1. The lowest BCUT2D eigenvalue weighted by atomic mass is 10.0. The van der Waals surface area contributed by atoms with Crippen molar-refractivity contribution in [1.29, 1.82) is 0 Å². The third-order valence-corrected chi connectivity index (χ3v) is 4.35. The molecule has 1 unspecified atom stereocenters. The fourth-order valence-electron chi connectivity index (χ4n) is 3.09. The van der Waals surface area contributed by atoms with Gasteiger partial charge in [0.25, 0.3) is 0 Å². The Morgan fingerprint density at radius 2 is 2.04 bits per heavy atom. The Morgan fingerprint density at radius 1 is 1.25 bits per heavy atom. The molecular formula is C20H22FN5O2. The molecule has 1 aromatic carbocycles. The van der Waals surface area contributed by atoms with Crippen molar-refractivity contribution in [3.8, 4) is 0 Å². The summed E-state index contributed by atoms with van der Waals surface area (Å²) in [6, 6.07) is 5.32. The van der Waals surface area contributed by atoms with Gasteiger partial charge in [-0.15, -0.1) is 0 Å². The number of H-pyrrole nitrogens is 1. The Kier molecular flexibility index (Phi) is 5.67. The van der Waals surface area contributed by atoms with E-state index in [1.54, 1.807) is 25.3 Å². The molecule has 2 amide bonds. The minimum Gasteiger partial charge on any atom is -0.361 e. The SMILES string of the molecule is CCc1cc(NC(=O)C(Cc2c[nH]c3cc(F)ccc23)NC(C)=O)nc(C)n1. The predicted octanol–water partition coefficient (Wildman–Crippen LogP) is 2.65. The van der Waals surface area contributed by atoms with Crippen molar-refractivity contribution >= 4 is 28.5 Å². The molecule has 0 radical (unpaired) electrons. The molecular weight excluding hydrogens is 361 g/mol. The third kappa shape index (κ3) is 4.51. The van der Waals surface area contributed by atoms with Gasteiger partial charge in [0.05, 0.1) is 0 Å². The van der Waals surface area contributed by atoms with Crippen LogP contribution >= 0.6 is 0 Å². The smallest absolute Gasteiger partial charge is 0.248 e. The first kappa shape index (κ1) is 19.5. The van der Waals surface area contributed by atoms with Crippen LogP contribution in [0.3, 0.4) is 0 Å². The highest BCUT2D eigenvalue weighted by Crippen LogP contribution is 2.21. The molecule has 7 nitrogen and oxygen atoms in total. The summed E-state index contributed by atoms with van der Waals surface area (Å²) in [5.41, 5.74) is 2.26. The van der Waals surface area contributed by atoms with Crippen LogP contribution in [0.4, 0.5) is 10.2 Å². The molecule has 0 saturated heterocycles. The van der Waals surface area contributed by atoms with Crippen LogP contribution in [0, 0.1) is 12.7 Å². The molecule has 0 fully saturated rings. The van der Waals surface area contributed by atoms with Gasteiger partial charge in [-0.2, -0.15) is 0 Å². The zero-order valence-electron chi connectivity index (χ0n) is 16.0. The number of carbonyl (C=O) groups is 2. The molecule has 0 aliphatic rings. The van der Waals surface area contributed by atoms with Crippen molar-refractivity contribution in [2.75, 3.05) is 5.32 Å². The van der Waals surface area contributed by atoms with Gasteiger partial charge >= 0.3 is 0 Å². The van der Waals surface area contributed by atoms with Crippen molar-refractivity contribution < 1.29 is 14.0 Å². The second-order valence-electron chi connectivity index (χ2n) is 6.60. The Labute approximate surface area is 161 Å². The van der Waals surface area contributed by atoms with Gasteiger partial charge in [-0.25, -0.2) is 14.4 Å². The van der Waals surface area contributed by atoms with E-state index in [1.165, 1.54) is 19.1 Å². The molecule has 0 aliphatic carbocycles. The number of carbonyl (C=O) groups excluding carboxylic acids is 2. The van der Waals surface area contributed by atoms with E-state index >= 15 is 0 Å². The number of aryl methyl sites for hydroxylation is 2. The number of hydrogen-bond acceptors (Lipinski definition) is 4. The van der Waals surface area contributed by atoms with Crippen LogP contribution in [-0.4, -0.2) is 32.8 Å². The topological polar surface area (TPSA) is 99.8 Å². The molecule has 0 aliphatic heterocycles. The quantitative estimate of drug-likeness (QED) is 0.609. The lowest BCUT2D eigenvalue weighted by Crippen LogP contribution is -2.44. The zero-order valence-corrected chi connectivity index (χ0v) is 16.0. The van der Waals surface area contributed by atoms with Crippen LogP contribution < -0.4 is 10.6 Å². The first-order valence-electron chi connectivity index (χ1n) is 9.03. The van der Waals surface area contributed by atoms with E-state index in [-0.39, 0.29) is 24.1 Å². The Bertz CT molecular complexity index is 1030. The fraction of sp³-hybridized carbons (Fsp3) is 0.300. The third-order valence-electron chi connectivity index (χ3n) is 4.35. The molecule has 3 N–H and O–H groups in total. The van der Waals surface area contributed by atoms with E-state index < -0.39 is 6.04 Å². The Hall–Kier alpha value is -3.29. The number of aromatic amines is 1. The summed E-state index contributed by atoms with van der Waals surface area (Å²) in [5.74, 6) is -0.0936. The number of rotatable bonds is 6. The van der Waals surface area contributed by atoms with Crippen molar-refractivity contribution in [3.05, 3.63) is 53.4 Å². The maximum atomic E-state index is 13.4. The molecule has 1 atom stereocenters. The summed E-state index contributed by atoms with van der Waals surface area (Å²) < 4.78 is 13.4. The van der Waals surface area contributed by atoms with Crippen molar-refractivity contribution in [2.24, 2.45) is 0 Å². The molecule has 0 spiro atoms. The minimum atomic E-state index is -0.804. The average molecular weight is 383 g/mol. The first-order chi connectivity index (χ1) is 13.4. The number of nitrogens with zero attached hydrogens (tertiary/aromatic N) is 2. The normalized spacial score (nSPS) is 12.0. The lowest BCUT2D eigenvalue weighted by molar-refractivity contribution is -0.125. The molecule has 2 aromatic heterocycles. The summed E-state index contributed by atoms with van der Waals surface area (Å²) >= 11 is 0. The number of nitrogens with one attached hydrogen (secondary N) is 3. The predicted molar refractivity (Wildman–Crippen MR) is 104 cm³/mol. The second-order valence-corrected chi connectivity index (χ2v) is 6.60. The average Bonchev–Trinajstić information content (AvgIpc) is 3.02. The summed E-state index contributed by atoms with van der Waals surface area (Å²) in [6.45, 7) is 5.08. The van der Waals surface area contributed by atoms with Crippen LogP contribution in [-0.2, 0) is 22.4 Å². The van der Waals surface area contributed by atoms with Gasteiger partial charge in [-0.05, 0) is 37.1 Å². The number of benzene rings is 1. The highest BCUT2D eigenvalue weighted by molar-refractivity contribution is 5.97. The van der Waals surface area contributed by atoms with Crippen molar-refractivity contribution in [1.82, 2.24) is 20.3 Å². The summed E-state index contributed by atoms with van der Waals surface area (Å²) in [6.07, 6.45) is 2.69. The van der Waals surface area contributed by atoms with Crippen LogP contribution in [0.25, 0.3) is 10.9 Å². The standard InChI is InChI=1S/C20H22FN5O2/c1-4-15-9-19(24-11(2)23-15)26-20(28)18(25-12(3)27)7-13-10-22-17-8-14(21)5-6-16(13)17/h5-6,8-10,18,22H,4,7H2,1-3H3,(H,25,27)(H,23,24,26,28). The van der Waals surface area contributed by atoms with Gasteiger partial charge in [0.2, 0.25) is 11.8 Å². The summed E-state index contributed by atoms with van der Waals surface area (Å²) in [5, 5.41) is 6.23. The van der Waals surface area contributed by atoms with Crippen molar-refractivity contribution in [3.63, 3.8) is 0 Å². The number of fused-ring (bicyclic) bond motifs is 1. The number of amides is 2. The van der Waals surface area contributed by atoms with Crippen LogP contribution in [0.15, 0.2) is 30.5 Å². The number of hydrogen-bond donors (Lipinski definition) is 3. The monoisotopic (exact) mass is 383 g/mol. The minimum absolute atomic E-state index is 0.252. The second kappa shape index (κ2) is 8.16. The first-order valence-corrected chi connectivity index (χ1v) is 9.03. The van der Waals surface area contributed by atoms with E-state index in [0.717, 1.165) is 16.6 Å². The van der Waals surface area contributed by atoms with Gasteiger partial charge < -0.3 is 15.6 Å². The van der Waals surface area contributed by atoms with Gasteiger partial charge in [0, 0.05) is 42.2 Å². The van der Waals surface area contributed by atoms with Crippen LogP contribution in [0.1, 0.15) is 30.9 Å². The van der Waals surface area contributed by atoms with Gasteiger partial charge in [0.15, 0.2) is 0 Å². The molecule has 0 saturated carbocycles. The highest BCUT2D eigenvalue weighted by atomic mass is 19.1. The molecule has 28 heavy (non-hydrogen) atoms. The van der Waals surface area contributed by atoms with E-state index in [0.29, 0.717) is 23.6 Å². The largest absolute Gasteiger partial charge is 0.361 e. The van der Waals surface area contributed by atoms with Gasteiger partial charge in [-0.1, -0.05) is 6.92 Å². The van der Waals surface area contributed by atoms with Crippen molar-refractivity contribution in [2.45, 2.75) is 39.7 Å². The molecule has 3 rings (SSSR count). The molecule has 0 bridgehead atoms. The highest BCUT2D eigenvalue weighted by Gasteiger charge is 2.22. The molecule has 3 aromatic rings. The van der Waals surface area contributed by atoms with Crippen LogP contribution in [0.5, 0.6) is 0 Å². The zero-order chi connectivity index (χ0) is 20.3. The van der Waals surface area contributed by atoms with Crippen LogP contribution in [0.2, 0.25) is 0 Å². The summed E-state index contributed by atoms with van der Waals surface area (Å²) in [7, 11) is 0. The maximum absolute atomic E-state index is 13.4. The van der Waals surface area contributed by atoms with Gasteiger partial charge in [-0.3, -0.25) is 9.59 Å². The van der Waals surface area contributed by atoms with E-state index in [2.05, 4.69) is 25.6 Å². The van der Waals surface area contributed by atoms with E-state index in [1.807, 2.05) is 6.92 Å². The molecule has 146 valence electrons. The Balaban J connectivity index is 1.83. The molecule has 2 heterocycles. The maximum Gasteiger partial charge on any atom is 0.248 e. The number of aromatic nitrogens is 3. The fourth-order valence-corrected chi connectivity index (χ4v) is 3.09.